The Kier molecular flexibility index (Phi) is 6.33. The Labute approximate surface area is 121 Å². The number of benzene rings is 1. The molecule has 4 nitrogen and oxygen atoms in total. The number of nitrogens with one attached hydrogen (secondary N) is 2. The molecule has 0 spiro atoms. The molecule has 0 heterocycles. The van der Waals surface area contributed by atoms with Crippen molar-refractivity contribution >= 4 is 11.6 Å². The number of amides is 1. The standard InChI is InChI=1S/C14H19F3N2O2/c1-3-4-10(2)19-13(20)9-18-11-5-7-12(8-6-11)21-14(15,16)17/h5-8,10,18H,3-4,9H2,1-2H3,(H,19,20). The SMILES string of the molecule is CCCC(C)NC(=O)CNc1ccc(OC(F)(F)F)cc1. The van der Waals surface area contributed by atoms with Gasteiger partial charge >= 0.3 is 6.36 Å². The van der Waals surface area contributed by atoms with Crippen molar-refractivity contribution in [3.63, 3.8) is 0 Å². The molecular formula is C14H19F3N2O2. The molecule has 0 radical (unpaired) electrons. The average molecular weight is 304 g/mol. The van der Waals surface area contributed by atoms with Gasteiger partial charge in [-0.25, -0.2) is 0 Å². The van der Waals surface area contributed by atoms with E-state index in [1.807, 2.05) is 13.8 Å². The van der Waals surface area contributed by atoms with Gasteiger partial charge in [-0.3, -0.25) is 4.79 Å². The van der Waals surface area contributed by atoms with Crippen LogP contribution >= 0.6 is 0 Å². The molecule has 1 unspecified atom stereocenters. The summed E-state index contributed by atoms with van der Waals surface area (Å²) in [5.41, 5.74) is 0.544. The number of anilines is 1. The number of hydrogen-bond acceptors (Lipinski definition) is 3. The number of halogens is 3. The van der Waals surface area contributed by atoms with Crippen LogP contribution in [0.25, 0.3) is 0 Å². The molecule has 1 amide bonds. The Balaban J connectivity index is 2.40. The van der Waals surface area contributed by atoms with E-state index in [1.54, 1.807) is 0 Å². The zero-order valence-electron chi connectivity index (χ0n) is 12.0. The summed E-state index contributed by atoms with van der Waals surface area (Å²) in [6, 6.07) is 5.32. The van der Waals surface area contributed by atoms with Gasteiger partial charge < -0.3 is 15.4 Å². The van der Waals surface area contributed by atoms with Crippen LogP contribution in [0.15, 0.2) is 24.3 Å². The third kappa shape index (κ3) is 7.43. The molecule has 7 heteroatoms. The van der Waals surface area contributed by atoms with Gasteiger partial charge in [-0.15, -0.1) is 13.2 Å². The molecule has 2 N–H and O–H groups in total. The molecule has 0 saturated carbocycles. The van der Waals surface area contributed by atoms with E-state index < -0.39 is 6.36 Å². The third-order valence-electron chi connectivity index (χ3n) is 2.67. The lowest BCUT2D eigenvalue weighted by Crippen LogP contribution is -2.36. The number of hydrogen-bond donors (Lipinski definition) is 2. The highest BCUT2D eigenvalue weighted by Gasteiger charge is 2.30. The first-order valence-corrected chi connectivity index (χ1v) is 6.69. The van der Waals surface area contributed by atoms with Crippen molar-refractivity contribution < 1.29 is 22.7 Å². The quantitative estimate of drug-likeness (QED) is 0.812. The van der Waals surface area contributed by atoms with Gasteiger partial charge in [0.1, 0.15) is 5.75 Å². The van der Waals surface area contributed by atoms with Gasteiger partial charge in [-0.05, 0) is 37.6 Å². The van der Waals surface area contributed by atoms with Crippen molar-refractivity contribution in [1.29, 1.82) is 0 Å². The van der Waals surface area contributed by atoms with E-state index in [0.717, 1.165) is 12.8 Å². The fraction of sp³-hybridized carbons (Fsp3) is 0.500. The summed E-state index contributed by atoms with van der Waals surface area (Å²) in [4.78, 5) is 11.6. The van der Waals surface area contributed by atoms with Crippen molar-refractivity contribution in [1.82, 2.24) is 5.32 Å². The van der Waals surface area contributed by atoms with Crippen molar-refractivity contribution in [2.24, 2.45) is 0 Å². The summed E-state index contributed by atoms with van der Waals surface area (Å²) >= 11 is 0. The van der Waals surface area contributed by atoms with Crippen LogP contribution in [0, 0.1) is 0 Å². The first-order chi connectivity index (χ1) is 9.80. The number of carbonyl (C=O) groups excluding carboxylic acids is 1. The number of alkyl halides is 3. The lowest BCUT2D eigenvalue weighted by Gasteiger charge is -2.14. The fourth-order valence-electron chi connectivity index (χ4n) is 1.79. The monoisotopic (exact) mass is 304 g/mol. The molecule has 21 heavy (non-hydrogen) atoms. The molecule has 1 atom stereocenters. The first kappa shape index (κ1) is 17.1. The fourth-order valence-corrected chi connectivity index (χ4v) is 1.79. The predicted molar refractivity (Wildman–Crippen MR) is 74.1 cm³/mol. The Bertz CT molecular complexity index is 447. The maximum atomic E-state index is 12.0. The Morgan fingerprint density at radius 1 is 1.29 bits per heavy atom. The normalized spacial score (nSPS) is 12.6. The zero-order chi connectivity index (χ0) is 15.9. The number of rotatable bonds is 7. The summed E-state index contributed by atoms with van der Waals surface area (Å²) in [6.07, 6.45) is -2.82. The largest absolute Gasteiger partial charge is 0.573 e. The van der Waals surface area contributed by atoms with Crippen LogP contribution in [0.2, 0.25) is 0 Å². The van der Waals surface area contributed by atoms with Gasteiger partial charge in [0.2, 0.25) is 5.91 Å². The van der Waals surface area contributed by atoms with Gasteiger partial charge in [0.25, 0.3) is 0 Å². The summed E-state index contributed by atoms with van der Waals surface area (Å²) < 4.78 is 39.7. The Morgan fingerprint density at radius 3 is 2.43 bits per heavy atom. The molecular weight excluding hydrogens is 285 g/mol. The average Bonchev–Trinajstić information content (AvgIpc) is 2.36. The van der Waals surface area contributed by atoms with E-state index >= 15 is 0 Å². The van der Waals surface area contributed by atoms with Crippen molar-refractivity contribution in [3.8, 4) is 5.75 Å². The second-order valence-electron chi connectivity index (χ2n) is 4.68. The smallest absolute Gasteiger partial charge is 0.406 e. The van der Waals surface area contributed by atoms with Gasteiger partial charge in [0, 0.05) is 11.7 Å². The zero-order valence-corrected chi connectivity index (χ0v) is 12.0. The maximum Gasteiger partial charge on any atom is 0.573 e. The van der Waals surface area contributed by atoms with Crippen molar-refractivity contribution in [2.45, 2.75) is 39.1 Å². The summed E-state index contributed by atoms with van der Waals surface area (Å²) in [5.74, 6) is -0.458. The molecule has 1 rings (SSSR count). The molecule has 0 aliphatic rings. The second-order valence-corrected chi connectivity index (χ2v) is 4.68. The molecule has 0 aromatic heterocycles. The number of carbonyl (C=O) groups is 1. The van der Waals surface area contributed by atoms with E-state index in [1.165, 1.54) is 24.3 Å². The Morgan fingerprint density at radius 2 is 1.90 bits per heavy atom. The maximum absolute atomic E-state index is 12.0. The molecule has 0 bridgehead atoms. The van der Waals surface area contributed by atoms with Crippen LogP contribution in [0.3, 0.4) is 0 Å². The minimum atomic E-state index is -4.70. The molecule has 0 fully saturated rings. The van der Waals surface area contributed by atoms with E-state index in [-0.39, 0.29) is 24.2 Å². The highest BCUT2D eigenvalue weighted by molar-refractivity contribution is 5.80. The minimum Gasteiger partial charge on any atom is -0.406 e. The van der Waals surface area contributed by atoms with Gasteiger partial charge in [0.15, 0.2) is 0 Å². The topological polar surface area (TPSA) is 50.4 Å². The number of ether oxygens (including phenoxy) is 1. The molecule has 1 aromatic rings. The van der Waals surface area contributed by atoms with E-state index in [0.29, 0.717) is 5.69 Å². The predicted octanol–water partition coefficient (Wildman–Crippen LogP) is 3.30. The van der Waals surface area contributed by atoms with Crippen LogP contribution in [0.4, 0.5) is 18.9 Å². The van der Waals surface area contributed by atoms with Gasteiger partial charge in [0.05, 0.1) is 6.54 Å². The van der Waals surface area contributed by atoms with Crippen molar-refractivity contribution in [2.75, 3.05) is 11.9 Å². The highest BCUT2D eigenvalue weighted by Crippen LogP contribution is 2.23. The van der Waals surface area contributed by atoms with E-state index in [9.17, 15) is 18.0 Å². The first-order valence-electron chi connectivity index (χ1n) is 6.69. The highest BCUT2D eigenvalue weighted by atomic mass is 19.4. The second kappa shape index (κ2) is 7.75. The lowest BCUT2D eigenvalue weighted by molar-refractivity contribution is -0.274. The van der Waals surface area contributed by atoms with Crippen LogP contribution < -0.4 is 15.4 Å². The van der Waals surface area contributed by atoms with Crippen LogP contribution in [0.5, 0.6) is 5.75 Å². The van der Waals surface area contributed by atoms with E-state index in [4.69, 9.17) is 0 Å². The van der Waals surface area contributed by atoms with Gasteiger partial charge in [-0.1, -0.05) is 13.3 Å². The Hall–Kier alpha value is -1.92. The summed E-state index contributed by atoms with van der Waals surface area (Å²) in [5, 5.41) is 5.65. The van der Waals surface area contributed by atoms with Crippen LogP contribution in [-0.2, 0) is 4.79 Å². The summed E-state index contributed by atoms with van der Waals surface area (Å²) in [7, 11) is 0. The molecule has 0 aliphatic heterocycles. The van der Waals surface area contributed by atoms with Crippen molar-refractivity contribution in [3.05, 3.63) is 24.3 Å². The summed E-state index contributed by atoms with van der Waals surface area (Å²) in [6.45, 7) is 4.02. The lowest BCUT2D eigenvalue weighted by atomic mass is 10.2. The molecule has 118 valence electrons. The minimum absolute atomic E-state index is 0.0630. The third-order valence-corrected chi connectivity index (χ3v) is 2.67. The van der Waals surface area contributed by atoms with Crippen LogP contribution in [-0.4, -0.2) is 24.9 Å². The molecule has 0 aliphatic carbocycles. The molecule has 1 aromatic carbocycles. The van der Waals surface area contributed by atoms with Gasteiger partial charge in [-0.2, -0.15) is 0 Å². The van der Waals surface area contributed by atoms with Crippen LogP contribution in [0.1, 0.15) is 26.7 Å². The van der Waals surface area contributed by atoms with E-state index in [2.05, 4.69) is 15.4 Å². The molecule has 0 saturated heterocycles.